The Bertz CT molecular complexity index is 377. The molecule has 0 atom stereocenters. The van der Waals surface area contributed by atoms with E-state index in [1.165, 1.54) is 6.92 Å². The van der Waals surface area contributed by atoms with Crippen molar-refractivity contribution in [3.05, 3.63) is 28.3 Å². The molecule has 2 nitrogen and oxygen atoms in total. The monoisotopic (exact) mass is 220 g/mol. The van der Waals surface area contributed by atoms with Crippen molar-refractivity contribution in [1.82, 2.24) is 0 Å². The predicted molar refractivity (Wildman–Crippen MR) is 48.1 cm³/mol. The lowest BCUT2D eigenvalue weighted by molar-refractivity contribution is 0.101. The van der Waals surface area contributed by atoms with Crippen molar-refractivity contribution in [1.29, 1.82) is 0 Å². The van der Waals surface area contributed by atoms with Crippen LogP contribution in [0.15, 0.2) is 12.1 Å². The van der Waals surface area contributed by atoms with Gasteiger partial charge in [0.1, 0.15) is 5.75 Å². The van der Waals surface area contributed by atoms with E-state index in [2.05, 4.69) is 0 Å². The quantitative estimate of drug-likeness (QED) is 0.778. The highest BCUT2D eigenvalue weighted by atomic mass is 35.5. The van der Waals surface area contributed by atoms with Gasteiger partial charge in [-0.1, -0.05) is 11.6 Å². The third kappa shape index (κ3) is 2.01. The standard InChI is InChI=1S/C9H7ClF2O2/c1-4(13)5-2-6(9(11)12)7(10)3-8(5)14/h2-3,9,14H,1H3. The molecule has 0 aliphatic heterocycles. The molecule has 0 saturated heterocycles. The minimum absolute atomic E-state index is 0.148. The number of benzene rings is 1. The number of alkyl halides is 2. The van der Waals surface area contributed by atoms with Crippen molar-refractivity contribution >= 4 is 17.4 Å². The van der Waals surface area contributed by atoms with E-state index in [9.17, 15) is 18.7 Å². The van der Waals surface area contributed by atoms with Gasteiger partial charge in [0, 0.05) is 5.56 Å². The Balaban J connectivity index is 3.34. The van der Waals surface area contributed by atoms with Crippen LogP contribution in [0.5, 0.6) is 5.75 Å². The number of Topliss-reactive ketones (excluding diaryl/α,β-unsaturated/α-hetero) is 1. The molecule has 76 valence electrons. The molecule has 0 radical (unpaired) electrons. The van der Waals surface area contributed by atoms with Crippen LogP contribution >= 0.6 is 11.6 Å². The van der Waals surface area contributed by atoms with E-state index in [4.69, 9.17) is 11.6 Å². The minimum Gasteiger partial charge on any atom is -0.507 e. The molecule has 0 saturated carbocycles. The SMILES string of the molecule is CC(=O)c1cc(C(F)F)c(Cl)cc1O. The number of carbonyl (C=O) groups excluding carboxylic acids is 1. The lowest BCUT2D eigenvalue weighted by Crippen LogP contribution is -1.96. The van der Waals surface area contributed by atoms with Crippen molar-refractivity contribution in [2.45, 2.75) is 13.3 Å². The summed E-state index contributed by atoms with van der Waals surface area (Å²) in [6, 6.07) is 1.85. The molecule has 0 heterocycles. The van der Waals surface area contributed by atoms with Gasteiger partial charge in [0.2, 0.25) is 0 Å². The average Bonchev–Trinajstić information content (AvgIpc) is 2.02. The molecule has 0 unspecified atom stereocenters. The Morgan fingerprint density at radius 2 is 2.07 bits per heavy atom. The molecule has 0 bridgehead atoms. The van der Waals surface area contributed by atoms with Gasteiger partial charge in [-0.25, -0.2) is 8.78 Å². The molecule has 1 N–H and O–H groups in total. The second-order valence-corrected chi connectivity index (χ2v) is 3.15. The molecule has 1 aromatic carbocycles. The van der Waals surface area contributed by atoms with Gasteiger partial charge in [-0.2, -0.15) is 0 Å². The van der Waals surface area contributed by atoms with E-state index >= 15 is 0 Å². The van der Waals surface area contributed by atoms with Crippen molar-refractivity contribution < 1.29 is 18.7 Å². The summed E-state index contributed by atoms with van der Waals surface area (Å²) in [4.78, 5) is 10.9. The molecule has 0 amide bonds. The maximum absolute atomic E-state index is 12.3. The lowest BCUT2D eigenvalue weighted by atomic mass is 10.1. The van der Waals surface area contributed by atoms with Crippen LogP contribution in [0.2, 0.25) is 5.02 Å². The van der Waals surface area contributed by atoms with Gasteiger partial charge in [0.25, 0.3) is 6.43 Å². The zero-order valence-corrected chi connectivity index (χ0v) is 7.98. The highest BCUT2D eigenvalue weighted by Gasteiger charge is 2.17. The molecule has 1 rings (SSSR count). The van der Waals surface area contributed by atoms with Gasteiger partial charge in [0.15, 0.2) is 5.78 Å². The van der Waals surface area contributed by atoms with Crippen molar-refractivity contribution in [3.8, 4) is 5.75 Å². The summed E-state index contributed by atoms with van der Waals surface area (Å²) in [5.41, 5.74) is -0.598. The van der Waals surface area contributed by atoms with E-state index < -0.39 is 17.8 Å². The molecular formula is C9H7ClF2O2. The first kappa shape index (κ1) is 10.9. The van der Waals surface area contributed by atoms with E-state index in [1.807, 2.05) is 0 Å². The van der Waals surface area contributed by atoms with Gasteiger partial charge in [-0.15, -0.1) is 0 Å². The first-order valence-electron chi connectivity index (χ1n) is 3.75. The number of rotatable bonds is 2. The molecule has 0 fully saturated rings. The molecule has 0 aromatic heterocycles. The zero-order valence-electron chi connectivity index (χ0n) is 7.22. The van der Waals surface area contributed by atoms with Crippen LogP contribution in [0.25, 0.3) is 0 Å². The minimum atomic E-state index is -2.76. The summed E-state index contributed by atoms with van der Waals surface area (Å²) >= 11 is 5.45. The Morgan fingerprint density at radius 1 is 1.50 bits per heavy atom. The van der Waals surface area contributed by atoms with Gasteiger partial charge in [0.05, 0.1) is 10.6 Å². The zero-order chi connectivity index (χ0) is 10.9. The Labute approximate surface area is 84.1 Å². The first-order chi connectivity index (χ1) is 6.43. The van der Waals surface area contributed by atoms with Crippen LogP contribution in [-0.4, -0.2) is 10.9 Å². The first-order valence-corrected chi connectivity index (χ1v) is 4.12. The van der Waals surface area contributed by atoms with Crippen LogP contribution in [0, 0.1) is 0 Å². The Morgan fingerprint density at radius 3 is 2.50 bits per heavy atom. The Hall–Kier alpha value is -1.16. The van der Waals surface area contributed by atoms with Crippen LogP contribution in [-0.2, 0) is 0 Å². The van der Waals surface area contributed by atoms with Crippen LogP contribution in [0.1, 0.15) is 29.3 Å². The molecular weight excluding hydrogens is 214 g/mol. The van der Waals surface area contributed by atoms with Gasteiger partial charge < -0.3 is 5.11 Å². The third-order valence-electron chi connectivity index (χ3n) is 1.73. The summed E-state index contributed by atoms with van der Waals surface area (Å²) in [7, 11) is 0. The molecule has 1 aromatic rings. The number of phenols is 1. The van der Waals surface area contributed by atoms with Crippen molar-refractivity contribution in [2.24, 2.45) is 0 Å². The number of hydrogen-bond acceptors (Lipinski definition) is 2. The number of aromatic hydroxyl groups is 1. The second-order valence-electron chi connectivity index (χ2n) is 2.75. The van der Waals surface area contributed by atoms with Crippen LogP contribution in [0.3, 0.4) is 0 Å². The van der Waals surface area contributed by atoms with E-state index in [0.29, 0.717) is 0 Å². The molecule has 5 heteroatoms. The van der Waals surface area contributed by atoms with E-state index in [0.717, 1.165) is 12.1 Å². The topological polar surface area (TPSA) is 37.3 Å². The molecule has 0 spiro atoms. The number of phenolic OH excluding ortho intramolecular Hbond substituents is 1. The van der Waals surface area contributed by atoms with Crippen molar-refractivity contribution in [2.75, 3.05) is 0 Å². The highest BCUT2D eigenvalue weighted by Crippen LogP contribution is 2.32. The van der Waals surface area contributed by atoms with E-state index in [-0.39, 0.29) is 16.3 Å². The van der Waals surface area contributed by atoms with Crippen molar-refractivity contribution in [3.63, 3.8) is 0 Å². The van der Waals surface area contributed by atoms with E-state index in [1.54, 1.807) is 0 Å². The summed E-state index contributed by atoms with van der Waals surface area (Å²) in [6.45, 7) is 1.18. The molecule has 0 aliphatic carbocycles. The molecule has 14 heavy (non-hydrogen) atoms. The van der Waals surface area contributed by atoms with Gasteiger partial charge in [-0.05, 0) is 19.1 Å². The summed E-state index contributed by atoms with van der Waals surface area (Å²) < 4.78 is 24.7. The fraction of sp³-hybridized carbons (Fsp3) is 0.222. The summed E-state index contributed by atoms with van der Waals surface area (Å²) in [5, 5.41) is 8.97. The second kappa shape index (κ2) is 3.92. The fourth-order valence-corrected chi connectivity index (χ4v) is 1.27. The maximum atomic E-state index is 12.3. The van der Waals surface area contributed by atoms with Crippen LogP contribution in [0.4, 0.5) is 8.78 Å². The average molecular weight is 221 g/mol. The fourth-order valence-electron chi connectivity index (χ4n) is 1.03. The smallest absolute Gasteiger partial charge is 0.265 e. The number of ketones is 1. The van der Waals surface area contributed by atoms with Gasteiger partial charge in [-0.3, -0.25) is 4.79 Å². The van der Waals surface area contributed by atoms with Gasteiger partial charge >= 0.3 is 0 Å². The predicted octanol–water partition coefficient (Wildman–Crippen LogP) is 3.19. The highest BCUT2D eigenvalue weighted by molar-refractivity contribution is 6.31. The molecule has 0 aliphatic rings. The maximum Gasteiger partial charge on any atom is 0.265 e. The normalized spacial score (nSPS) is 10.6. The number of hydrogen-bond donors (Lipinski definition) is 1. The summed E-state index contributed by atoms with van der Waals surface area (Å²) in [6.07, 6.45) is -2.76. The number of halogens is 3. The van der Waals surface area contributed by atoms with Crippen LogP contribution < -0.4 is 0 Å². The third-order valence-corrected chi connectivity index (χ3v) is 2.06. The lowest BCUT2D eigenvalue weighted by Gasteiger charge is -2.06. The Kier molecular flexibility index (Phi) is 3.06. The summed E-state index contributed by atoms with van der Waals surface area (Å²) in [5.74, 6) is -0.868. The number of carbonyl (C=O) groups is 1. The largest absolute Gasteiger partial charge is 0.507 e.